The van der Waals surface area contributed by atoms with Gasteiger partial charge in [-0.05, 0) is 31.0 Å². The molecule has 0 saturated heterocycles. The fourth-order valence-electron chi connectivity index (χ4n) is 1.55. The molecule has 0 amide bonds. The summed E-state index contributed by atoms with van der Waals surface area (Å²) in [6, 6.07) is 7.62. The first kappa shape index (κ1) is 14.5. The Labute approximate surface area is 111 Å². The van der Waals surface area contributed by atoms with Crippen molar-refractivity contribution in [2.45, 2.75) is 19.8 Å². The summed E-state index contributed by atoms with van der Waals surface area (Å²) in [7, 11) is 0. The molecule has 1 aromatic rings. The number of aliphatic hydroxyl groups excluding tert-OH is 2. The maximum absolute atomic E-state index is 9.29. The van der Waals surface area contributed by atoms with Crippen molar-refractivity contribution in [1.29, 1.82) is 0 Å². The molecule has 0 unspecified atom stereocenters. The highest BCUT2D eigenvalue weighted by molar-refractivity contribution is 9.10. The average Bonchev–Trinajstić information content (AvgIpc) is 2.35. The van der Waals surface area contributed by atoms with Crippen molar-refractivity contribution in [2.24, 2.45) is 5.41 Å². The molecule has 0 heterocycles. The van der Waals surface area contributed by atoms with Crippen LogP contribution >= 0.6 is 15.9 Å². The average molecular weight is 303 g/mol. The molecule has 0 saturated carbocycles. The van der Waals surface area contributed by atoms with Gasteiger partial charge in [0.2, 0.25) is 0 Å². The molecular formula is C13H19BrO3. The molecule has 1 rings (SSSR count). The van der Waals surface area contributed by atoms with Crippen molar-refractivity contribution >= 4 is 15.9 Å². The van der Waals surface area contributed by atoms with Crippen LogP contribution in [0, 0.1) is 5.41 Å². The zero-order valence-electron chi connectivity index (χ0n) is 10.0. The molecule has 1 aromatic carbocycles. The highest BCUT2D eigenvalue weighted by atomic mass is 79.9. The zero-order chi connectivity index (χ0) is 12.7. The second-order valence-electron chi connectivity index (χ2n) is 4.23. The van der Waals surface area contributed by atoms with Crippen LogP contribution in [0.2, 0.25) is 0 Å². The third kappa shape index (κ3) is 4.30. The SMILES string of the molecule is CCC(CO)(CO)CCOc1cccc(Br)c1. The predicted molar refractivity (Wildman–Crippen MR) is 71.1 cm³/mol. The summed E-state index contributed by atoms with van der Waals surface area (Å²) in [5, 5.41) is 18.6. The number of hydrogen-bond acceptors (Lipinski definition) is 3. The Morgan fingerprint density at radius 2 is 2.00 bits per heavy atom. The maximum Gasteiger partial charge on any atom is 0.120 e. The van der Waals surface area contributed by atoms with Gasteiger partial charge < -0.3 is 14.9 Å². The first-order chi connectivity index (χ1) is 8.15. The van der Waals surface area contributed by atoms with E-state index in [4.69, 9.17) is 4.74 Å². The normalized spacial score (nSPS) is 11.5. The van der Waals surface area contributed by atoms with Crippen LogP contribution in [0.4, 0.5) is 0 Å². The van der Waals surface area contributed by atoms with Crippen molar-refractivity contribution in [3.8, 4) is 5.75 Å². The van der Waals surface area contributed by atoms with E-state index in [1.54, 1.807) is 0 Å². The summed E-state index contributed by atoms with van der Waals surface area (Å²) >= 11 is 3.37. The van der Waals surface area contributed by atoms with E-state index in [0.717, 1.165) is 16.6 Å². The molecular weight excluding hydrogens is 284 g/mol. The van der Waals surface area contributed by atoms with Gasteiger partial charge in [-0.3, -0.25) is 0 Å². The fourth-order valence-corrected chi connectivity index (χ4v) is 1.93. The van der Waals surface area contributed by atoms with Crippen LogP contribution in [0.5, 0.6) is 5.75 Å². The quantitative estimate of drug-likeness (QED) is 0.814. The van der Waals surface area contributed by atoms with E-state index in [0.29, 0.717) is 13.0 Å². The minimum absolute atomic E-state index is 0.0121. The van der Waals surface area contributed by atoms with Crippen molar-refractivity contribution in [3.05, 3.63) is 28.7 Å². The Bertz CT molecular complexity index is 329. The number of aliphatic hydroxyl groups is 2. The Kier molecular flexibility index (Phi) is 5.95. The lowest BCUT2D eigenvalue weighted by atomic mass is 9.84. The summed E-state index contributed by atoms with van der Waals surface area (Å²) < 4.78 is 6.57. The summed E-state index contributed by atoms with van der Waals surface area (Å²) in [4.78, 5) is 0. The van der Waals surface area contributed by atoms with Crippen LogP contribution in [0.15, 0.2) is 28.7 Å². The molecule has 0 fully saturated rings. The molecule has 3 nitrogen and oxygen atoms in total. The molecule has 4 heteroatoms. The Morgan fingerprint density at radius 3 is 2.53 bits per heavy atom. The van der Waals surface area contributed by atoms with Gasteiger partial charge in [0.1, 0.15) is 5.75 Å². The van der Waals surface area contributed by atoms with Crippen LogP contribution in [0.1, 0.15) is 19.8 Å². The third-order valence-corrected chi connectivity index (χ3v) is 3.61. The smallest absolute Gasteiger partial charge is 0.120 e. The van der Waals surface area contributed by atoms with Crippen LogP contribution in [0.25, 0.3) is 0 Å². The monoisotopic (exact) mass is 302 g/mol. The zero-order valence-corrected chi connectivity index (χ0v) is 11.6. The van der Waals surface area contributed by atoms with Crippen LogP contribution in [-0.2, 0) is 0 Å². The van der Waals surface area contributed by atoms with Gasteiger partial charge in [-0.2, -0.15) is 0 Å². The third-order valence-electron chi connectivity index (χ3n) is 3.12. The first-order valence-corrected chi connectivity index (χ1v) is 6.55. The minimum atomic E-state index is -0.425. The highest BCUT2D eigenvalue weighted by Crippen LogP contribution is 2.26. The van der Waals surface area contributed by atoms with Crippen LogP contribution in [-0.4, -0.2) is 30.0 Å². The predicted octanol–water partition coefficient (Wildman–Crippen LogP) is 2.60. The Balaban J connectivity index is 2.46. The van der Waals surface area contributed by atoms with Crippen molar-refractivity contribution in [3.63, 3.8) is 0 Å². The van der Waals surface area contributed by atoms with E-state index in [-0.39, 0.29) is 13.2 Å². The molecule has 0 radical (unpaired) electrons. The molecule has 0 aliphatic heterocycles. The van der Waals surface area contributed by atoms with Gasteiger partial charge in [0.05, 0.1) is 19.8 Å². The van der Waals surface area contributed by atoms with Gasteiger partial charge in [-0.1, -0.05) is 28.9 Å². The van der Waals surface area contributed by atoms with E-state index in [1.165, 1.54) is 0 Å². The molecule has 17 heavy (non-hydrogen) atoms. The van der Waals surface area contributed by atoms with Gasteiger partial charge in [0, 0.05) is 9.89 Å². The molecule has 2 N–H and O–H groups in total. The largest absolute Gasteiger partial charge is 0.494 e. The van der Waals surface area contributed by atoms with Crippen molar-refractivity contribution < 1.29 is 14.9 Å². The van der Waals surface area contributed by atoms with Gasteiger partial charge in [0.25, 0.3) is 0 Å². The van der Waals surface area contributed by atoms with Gasteiger partial charge in [-0.25, -0.2) is 0 Å². The number of hydrogen-bond donors (Lipinski definition) is 2. The summed E-state index contributed by atoms with van der Waals surface area (Å²) in [6.45, 7) is 2.43. The molecule has 96 valence electrons. The summed E-state index contributed by atoms with van der Waals surface area (Å²) in [5.41, 5.74) is -0.425. The number of halogens is 1. The molecule has 0 aromatic heterocycles. The van der Waals surface area contributed by atoms with Crippen molar-refractivity contribution in [2.75, 3.05) is 19.8 Å². The van der Waals surface area contributed by atoms with Crippen LogP contribution in [0.3, 0.4) is 0 Å². The number of benzene rings is 1. The number of rotatable bonds is 7. The lowest BCUT2D eigenvalue weighted by Gasteiger charge is -2.28. The molecule has 0 atom stereocenters. The van der Waals surface area contributed by atoms with E-state index in [1.807, 2.05) is 31.2 Å². The summed E-state index contributed by atoms with van der Waals surface area (Å²) in [5.74, 6) is 0.792. The maximum atomic E-state index is 9.29. The second kappa shape index (κ2) is 6.99. The Hall–Kier alpha value is -0.580. The minimum Gasteiger partial charge on any atom is -0.494 e. The highest BCUT2D eigenvalue weighted by Gasteiger charge is 2.26. The fraction of sp³-hybridized carbons (Fsp3) is 0.538. The lowest BCUT2D eigenvalue weighted by Crippen LogP contribution is -2.31. The van der Waals surface area contributed by atoms with E-state index in [2.05, 4.69) is 15.9 Å². The van der Waals surface area contributed by atoms with Gasteiger partial charge in [-0.15, -0.1) is 0 Å². The topological polar surface area (TPSA) is 49.7 Å². The summed E-state index contributed by atoms with van der Waals surface area (Å²) in [6.07, 6.45) is 1.38. The van der Waals surface area contributed by atoms with Gasteiger partial charge in [0.15, 0.2) is 0 Å². The van der Waals surface area contributed by atoms with Gasteiger partial charge >= 0.3 is 0 Å². The van der Waals surface area contributed by atoms with E-state index in [9.17, 15) is 10.2 Å². The van der Waals surface area contributed by atoms with E-state index >= 15 is 0 Å². The lowest BCUT2D eigenvalue weighted by molar-refractivity contribution is 0.0324. The first-order valence-electron chi connectivity index (χ1n) is 5.76. The Morgan fingerprint density at radius 1 is 1.29 bits per heavy atom. The second-order valence-corrected chi connectivity index (χ2v) is 5.14. The standard InChI is InChI=1S/C13H19BrO3/c1-2-13(9-15,10-16)6-7-17-12-5-3-4-11(14)8-12/h3-5,8,15-16H,2,6-7,9-10H2,1H3. The van der Waals surface area contributed by atoms with E-state index < -0.39 is 5.41 Å². The van der Waals surface area contributed by atoms with Crippen molar-refractivity contribution in [1.82, 2.24) is 0 Å². The molecule has 0 aliphatic carbocycles. The van der Waals surface area contributed by atoms with Crippen LogP contribution < -0.4 is 4.74 Å². The molecule has 0 aliphatic rings. The molecule has 0 spiro atoms. The molecule has 0 bridgehead atoms. The number of ether oxygens (including phenoxy) is 1.